The molecule has 1 saturated heterocycles. The topological polar surface area (TPSA) is 15.3 Å². The zero-order valence-electron chi connectivity index (χ0n) is 12.7. The van der Waals surface area contributed by atoms with E-state index in [9.17, 15) is 0 Å². The number of benzene rings is 1. The minimum Gasteiger partial charge on any atom is -0.316 e. The molecule has 1 heterocycles. The maximum atomic E-state index is 5.94. The van der Waals surface area contributed by atoms with E-state index in [0.717, 1.165) is 36.5 Å². The Balaban J connectivity index is 1.76. The normalized spacial score (nSPS) is 20.5. The van der Waals surface area contributed by atoms with Crippen molar-refractivity contribution >= 4 is 11.6 Å². The quantitative estimate of drug-likeness (QED) is 0.858. The number of likely N-dealkylation sites (tertiary alicyclic amines) is 1. The van der Waals surface area contributed by atoms with Gasteiger partial charge in [-0.05, 0) is 62.0 Å². The summed E-state index contributed by atoms with van der Waals surface area (Å²) < 4.78 is 0. The van der Waals surface area contributed by atoms with Crippen molar-refractivity contribution in [3.8, 4) is 0 Å². The van der Waals surface area contributed by atoms with Crippen LogP contribution in [0.3, 0.4) is 0 Å². The van der Waals surface area contributed by atoms with E-state index in [2.05, 4.69) is 36.2 Å². The minimum atomic E-state index is 0.740. The van der Waals surface area contributed by atoms with Crippen LogP contribution in [-0.4, -0.2) is 31.1 Å². The average molecular weight is 295 g/mol. The Kier molecular flexibility index (Phi) is 6.34. The Hall–Kier alpha value is -0.570. The molecule has 112 valence electrons. The summed E-state index contributed by atoms with van der Waals surface area (Å²) in [6.07, 6.45) is 2.68. The number of piperidine rings is 1. The van der Waals surface area contributed by atoms with Gasteiger partial charge in [-0.15, -0.1) is 0 Å². The van der Waals surface area contributed by atoms with Crippen molar-refractivity contribution in [2.75, 3.05) is 26.2 Å². The lowest BCUT2D eigenvalue weighted by molar-refractivity contribution is 0.165. The zero-order chi connectivity index (χ0) is 14.4. The molecule has 0 radical (unpaired) electrons. The van der Waals surface area contributed by atoms with Gasteiger partial charge < -0.3 is 5.32 Å². The Morgan fingerprint density at radius 3 is 2.75 bits per heavy atom. The van der Waals surface area contributed by atoms with Crippen molar-refractivity contribution in [1.29, 1.82) is 0 Å². The molecule has 1 aliphatic rings. The first-order valence-corrected chi connectivity index (χ1v) is 8.19. The lowest BCUT2D eigenvalue weighted by Crippen LogP contribution is -2.39. The van der Waals surface area contributed by atoms with Gasteiger partial charge in [0.25, 0.3) is 0 Å². The highest BCUT2D eigenvalue weighted by Crippen LogP contribution is 2.19. The van der Waals surface area contributed by atoms with Crippen LogP contribution in [0.15, 0.2) is 24.3 Å². The van der Waals surface area contributed by atoms with Crippen molar-refractivity contribution in [2.45, 2.75) is 33.2 Å². The highest BCUT2D eigenvalue weighted by Gasteiger charge is 2.19. The van der Waals surface area contributed by atoms with Crippen LogP contribution in [-0.2, 0) is 6.54 Å². The van der Waals surface area contributed by atoms with E-state index >= 15 is 0 Å². The van der Waals surface area contributed by atoms with Crippen LogP contribution in [0.4, 0.5) is 0 Å². The van der Waals surface area contributed by atoms with Gasteiger partial charge in [-0.3, -0.25) is 4.90 Å². The molecular formula is C17H27ClN2. The third-order valence-electron chi connectivity index (χ3n) is 3.91. The minimum absolute atomic E-state index is 0.740. The fourth-order valence-corrected chi connectivity index (χ4v) is 3.01. The molecule has 1 aliphatic heterocycles. The van der Waals surface area contributed by atoms with Gasteiger partial charge in [-0.2, -0.15) is 0 Å². The van der Waals surface area contributed by atoms with Crippen molar-refractivity contribution in [2.24, 2.45) is 11.8 Å². The van der Waals surface area contributed by atoms with Gasteiger partial charge >= 0.3 is 0 Å². The Morgan fingerprint density at radius 1 is 1.30 bits per heavy atom. The van der Waals surface area contributed by atoms with Gasteiger partial charge in [0, 0.05) is 18.1 Å². The van der Waals surface area contributed by atoms with E-state index < -0.39 is 0 Å². The van der Waals surface area contributed by atoms with Crippen LogP contribution in [0.2, 0.25) is 5.02 Å². The van der Waals surface area contributed by atoms with Crippen LogP contribution >= 0.6 is 11.6 Å². The van der Waals surface area contributed by atoms with Crippen molar-refractivity contribution in [3.05, 3.63) is 34.9 Å². The molecule has 0 aliphatic carbocycles. The number of nitrogens with zero attached hydrogens (tertiary/aromatic N) is 1. The molecule has 1 atom stereocenters. The summed E-state index contributed by atoms with van der Waals surface area (Å²) in [5.74, 6) is 1.54. The fraction of sp³-hybridized carbons (Fsp3) is 0.647. The number of hydrogen-bond acceptors (Lipinski definition) is 2. The first-order valence-electron chi connectivity index (χ1n) is 7.81. The van der Waals surface area contributed by atoms with Crippen LogP contribution in [0.25, 0.3) is 0 Å². The molecule has 0 saturated carbocycles. The smallest absolute Gasteiger partial charge is 0.0406 e. The summed E-state index contributed by atoms with van der Waals surface area (Å²) in [4.78, 5) is 2.58. The molecule has 2 nitrogen and oxygen atoms in total. The lowest BCUT2D eigenvalue weighted by Gasteiger charge is -2.33. The van der Waals surface area contributed by atoms with E-state index in [-0.39, 0.29) is 0 Å². The summed E-state index contributed by atoms with van der Waals surface area (Å²) in [7, 11) is 0. The van der Waals surface area contributed by atoms with Gasteiger partial charge in [-0.1, -0.05) is 37.6 Å². The fourth-order valence-electron chi connectivity index (χ4n) is 2.89. The maximum Gasteiger partial charge on any atom is 0.0406 e. The summed E-state index contributed by atoms with van der Waals surface area (Å²) in [6.45, 7) is 10.3. The first kappa shape index (κ1) is 15.8. The summed E-state index contributed by atoms with van der Waals surface area (Å²) >= 11 is 5.94. The van der Waals surface area contributed by atoms with Gasteiger partial charge in [0.15, 0.2) is 0 Å². The predicted octanol–water partition coefficient (Wildman–Crippen LogP) is 3.80. The molecule has 1 fully saturated rings. The predicted molar refractivity (Wildman–Crippen MR) is 87.2 cm³/mol. The summed E-state index contributed by atoms with van der Waals surface area (Å²) in [5.41, 5.74) is 1.37. The van der Waals surface area contributed by atoms with Crippen molar-refractivity contribution in [3.63, 3.8) is 0 Å². The molecule has 3 heteroatoms. The molecule has 0 spiro atoms. The average Bonchev–Trinajstić information content (AvgIpc) is 2.41. The molecule has 1 aromatic rings. The molecule has 1 N–H and O–H groups in total. The Labute approximate surface area is 128 Å². The zero-order valence-corrected chi connectivity index (χ0v) is 13.5. The van der Waals surface area contributed by atoms with Gasteiger partial charge in [0.2, 0.25) is 0 Å². The molecule has 1 unspecified atom stereocenters. The van der Waals surface area contributed by atoms with Gasteiger partial charge in [0.05, 0.1) is 0 Å². The second kappa shape index (κ2) is 8.02. The van der Waals surface area contributed by atoms with Gasteiger partial charge in [-0.25, -0.2) is 0 Å². The number of hydrogen-bond donors (Lipinski definition) is 1. The largest absolute Gasteiger partial charge is 0.316 e. The highest BCUT2D eigenvalue weighted by molar-refractivity contribution is 6.30. The highest BCUT2D eigenvalue weighted by atomic mass is 35.5. The molecule has 2 rings (SSSR count). The number of halogens is 1. The Bertz CT molecular complexity index is 388. The molecule has 0 amide bonds. The lowest BCUT2D eigenvalue weighted by atomic mass is 9.97. The van der Waals surface area contributed by atoms with Crippen LogP contribution in [0.5, 0.6) is 0 Å². The number of rotatable bonds is 6. The molecule has 0 bridgehead atoms. The van der Waals surface area contributed by atoms with E-state index in [1.165, 1.54) is 31.5 Å². The Morgan fingerprint density at radius 2 is 2.05 bits per heavy atom. The monoisotopic (exact) mass is 294 g/mol. The third-order valence-corrected chi connectivity index (χ3v) is 4.16. The second-order valence-electron chi connectivity index (χ2n) is 6.42. The SMILES string of the molecule is CC(C)CNCC1CCCN(Cc2ccc(Cl)cc2)C1. The van der Waals surface area contributed by atoms with Crippen molar-refractivity contribution in [1.82, 2.24) is 10.2 Å². The number of nitrogens with one attached hydrogen (secondary N) is 1. The molecule has 0 aromatic heterocycles. The summed E-state index contributed by atoms with van der Waals surface area (Å²) in [5, 5.41) is 4.42. The molecule has 20 heavy (non-hydrogen) atoms. The van der Waals surface area contributed by atoms with Crippen LogP contribution in [0, 0.1) is 11.8 Å². The van der Waals surface area contributed by atoms with E-state index in [4.69, 9.17) is 11.6 Å². The molecule has 1 aromatic carbocycles. The van der Waals surface area contributed by atoms with Crippen LogP contribution < -0.4 is 5.32 Å². The third kappa shape index (κ3) is 5.43. The van der Waals surface area contributed by atoms with E-state index in [1.54, 1.807) is 0 Å². The van der Waals surface area contributed by atoms with Crippen LogP contribution in [0.1, 0.15) is 32.3 Å². The van der Waals surface area contributed by atoms with E-state index in [1.807, 2.05) is 12.1 Å². The summed E-state index contributed by atoms with van der Waals surface area (Å²) in [6, 6.07) is 8.26. The first-order chi connectivity index (χ1) is 9.63. The maximum absolute atomic E-state index is 5.94. The van der Waals surface area contributed by atoms with Crippen molar-refractivity contribution < 1.29 is 0 Å². The second-order valence-corrected chi connectivity index (χ2v) is 6.86. The van der Waals surface area contributed by atoms with E-state index in [0.29, 0.717) is 0 Å². The standard InChI is InChI=1S/C17H27ClN2/c1-14(2)10-19-11-16-4-3-9-20(13-16)12-15-5-7-17(18)8-6-15/h5-8,14,16,19H,3-4,9-13H2,1-2H3. The van der Waals surface area contributed by atoms with Gasteiger partial charge in [0.1, 0.15) is 0 Å². The molecular weight excluding hydrogens is 268 g/mol.